The zero-order valence-corrected chi connectivity index (χ0v) is 16.5. The van der Waals surface area contributed by atoms with Gasteiger partial charge in [0.05, 0.1) is 27.0 Å². The summed E-state index contributed by atoms with van der Waals surface area (Å²) in [5, 5.41) is 12.0. The molecule has 0 unspecified atom stereocenters. The predicted octanol–water partition coefficient (Wildman–Crippen LogP) is 4.37. The van der Waals surface area contributed by atoms with Gasteiger partial charge in [-0.3, -0.25) is 19.5 Å². The lowest BCUT2D eigenvalue weighted by Crippen LogP contribution is -2.14. The Labute approximate surface area is 176 Å². The van der Waals surface area contributed by atoms with Gasteiger partial charge >= 0.3 is 0 Å². The highest BCUT2D eigenvalue weighted by Crippen LogP contribution is 2.39. The first-order chi connectivity index (χ1) is 15.0. The van der Waals surface area contributed by atoms with E-state index in [1.807, 2.05) is 41.9 Å². The van der Waals surface area contributed by atoms with Crippen LogP contribution in [0.15, 0.2) is 72.8 Å². The van der Waals surface area contributed by atoms with Gasteiger partial charge in [0.2, 0.25) is 0 Å². The van der Waals surface area contributed by atoms with Crippen LogP contribution in [0.1, 0.15) is 10.4 Å². The van der Waals surface area contributed by atoms with Crippen molar-refractivity contribution in [3.63, 3.8) is 0 Å². The lowest BCUT2D eigenvalue weighted by atomic mass is 10.1. The van der Waals surface area contributed by atoms with Gasteiger partial charge in [-0.15, -0.1) is 0 Å². The van der Waals surface area contributed by atoms with Crippen molar-refractivity contribution in [2.75, 3.05) is 5.73 Å². The topological polar surface area (TPSA) is 109 Å². The Morgan fingerprint density at radius 3 is 2.42 bits per heavy atom. The maximum atomic E-state index is 13.3. The monoisotopic (exact) mass is 411 g/mol. The average Bonchev–Trinajstić information content (AvgIpc) is 3.26. The summed E-state index contributed by atoms with van der Waals surface area (Å²) in [6.45, 7) is 0. The van der Waals surface area contributed by atoms with E-state index in [0.29, 0.717) is 27.9 Å². The van der Waals surface area contributed by atoms with Crippen LogP contribution in [-0.2, 0) is 7.05 Å². The second-order valence-electron chi connectivity index (χ2n) is 7.21. The maximum absolute atomic E-state index is 13.3. The summed E-state index contributed by atoms with van der Waals surface area (Å²) >= 11 is 0. The van der Waals surface area contributed by atoms with Crippen LogP contribution in [0.25, 0.3) is 33.3 Å². The first kappa shape index (κ1) is 18.6. The molecule has 2 N–H and O–H groups in total. The molecule has 2 aromatic heterocycles. The Bertz CT molecular complexity index is 1500. The SMILES string of the molecule is Cn1c(-c2c(N)n(C(=O)c3ccccc3)c3cc([N+](=O)[O-])ccc23)nc2ccccc21. The molecule has 0 radical (unpaired) electrons. The molecule has 3 aromatic carbocycles. The quantitative estimate of drug-likeness (QED) is 0.350. The summed E-state index contributed by atoms with van der Waals surface area (Å²) in [5.74, 6) is 0.397. The van der Waals surface area contributed by atoms with Crippen molar-refractivity contribution in [3.8, 4) is 11.4 Å². The van der Waals surface area contributed by atoms with Gasteiger partial charge in [-0.2, -0.15) is 0 Å². The predicted molar refractivity (Wildman–Crippen MR) is 119 cm³/mol. The molecule has 0 atom stereocenters. The molecule has 0 aliphatic carbocycles. The van der Waals surface area contributed by atoms with Crippen LogP contribution in [0, 0.1) is 10.1 Å². The van der Waals surface area contributed by atoms with Gasteiger partial charge in [0.15, 0.2) is 0 Å². The van der Waals surface area contributed by atoms with Gasteiger partial charge in [0, 0.05) is 30.1 Å². The Morgan fingerprint density at radius 1 is 1.00 bits per heavy atom. The summed E-state index contributed by atoms with van der Waals surface area (Å²) in [7, 11) is 1.87. The zero-order valence-electron chi connectivity index (χ0n) is 16.5. The molecule has 8 nitrogen and oxygen atoms in total. The van der Waals surface area contributed by atoms with E-state index in [4.69, 9.17) is 10.7 Å². The molecule has 0 amide bonds. The number of carbonyl (C=O) groups excluding carboxylic acids is 1. The number of anilines is 1. The maximum Gasteiger partial charge on any atom is 0.271 e. The van der Waals surface area contributed by atoms with Crippen molar-refractivity contribution in [3.05, 3.63) is 88.5 Å². The number of imidazole rings is 1. The van der Waals surface area contributed by atoms with Crippen LogP contribution in [0.3, 0.4) is 0 Å². The number of para-hydroxylation sites is 2. The van der Waals surface area contributed by atoms with Crippen molar-refractivity contribution in [2.45, 2.75) is 0 Å². The number of nitrogen functional groups attached to an aromatic ring is 1. The molecular weight excluding hydrogens is 394 g/mol. The number of rotatable bonds is 3. The van der Waals surface area contributed by atoms with E-state index in [0.717, 1.165) is 11.0 Å². The molecule has 0 aliphatic heterocycles. The average molecular weight is 411 g/mol. The summed E-state index contributed by atoms with van der Waals surface area (Å²) < 4.78 is 3.23. The minimum Gasteiger partial charge on any atom is -0.384 e. The number of non-ortho nitro benzene ring substituents is 1. The highest BCUT2D eigenvalue weighted by Gasteiger charge is 2.26. The summed E-state index contributed by atoms with van der Waals surface area (Å²) in [6.07, 6.45) is 0. The number of carbonyl (C=O) groups is 1. The first-order valence-corrected chi connectivity index (χ1v) is 9.57. The smallest absolute Gasteiger partial charge is 0.271 e. The fourth-order valence-electron chi connectivity index (χ4n) is 3.94. The highest BCUT2D eigenvalue weighted by molar-refractivity contribution is 6.12. The molecule has 2 heterocycles. The molecule has 0 fully saturated rings. The minimum absolute atomic E-state index is 0.122. The lowest BCUT2D eigenvalue weighted by molar-refractivity contribution is -0.384. The van der Waals surface area contributed by atoms with Crippen molar-refractivity contribution in [2.24, 2.45) is 7.05 Å². The largest absolute Gasteiger partial charge is 0.384 e. The van der Waals surface area contributed by atoms with E-state index in [1.54, 1.807) is 30.3 Å². The Morgan fingerprint density at radius 2 is 1.71 bits per heavy atom. The highest BCUT2D eigenvalue weighted by atomic mass is 16.6. The van der Waals surface area contributed by atoms with Crippen LogP contribution in [0.5, 0.6) is 0 Å². The molecule has 31 heavy (non-hydrogen) atoms. The molecule has 152 valence electrons. The molecule has 5 rings (SSSR count). The second kappa shape index (κ2) is 6.81. The van der Waals surface area contributed by atoms with E-state index in [9.17, 15) is 14.9 Å². The third-order valence-corrected chi connectivity index (χ3v) is 5.43. The van der Waals surface area contributed by atoms with Crippen LogP contribution in [-0.4, -0.2) is 24.9 Å². The third kappa shape index (κ3) is 2.77. The van der Waals surface area contributed by atoms with Crippen LogP contribution in [0.4, 0.5) is 11.5 Å². The van der Waals surface area contributed by atoms with Gasteiger partial charge in [-0.1, -0.05) is 30.3 Å². The molecule has 0 aliphatic rings. The summed E-state index contributed by atoms with van der Waals surface area (Å²) in [5.41, 5.74) is 9.45. The number of nitrogens with zero attached hydrogens (tertiary/aromatic N) is 4. The van der Waals surface area contributed by atoms with Gasteiger partial charge in [-0.25, -0.2) is 4.98 Å². The Balaban J connectivity index is 1.85. The van der Waals surface area contributed by atoms with Gasteiger partial charge in [0.25, 0.3) is 11.6 Å². The van der Waals surface area contributed by atoms with Crippen LogP contribution in [0.2, 0.25) is 0 Å². The second-order valence-corrected chi connectivity index (χ2v) is 7.21. The molecule has 8 heteroatoms. The van der Waals surface area contributed by atoms with Gasteiger partial charge in [-0.05, 0) is 30.3 Å². The fourth-order valence-corrected chi connectivity index (χ4v) is 3.94. The van der Waals surface area contributed by atoms with E-state index >= 15 is 0 Å². The number of aromatic nitrogens is 3. The number of nitrogens with two attached hydrogens (primary N) is 1. The van der Waals surface area contributed by atoms with Crippen molar-refractivity contribution >= 4 is 39.3 Å². The number of nitro groups is 1. The van der Waals surface area contributed by atoms with E-state index < -0.39 is 4.92 Å². The van der Waals surface area contributed by atoms with Crippen molar-refractivity contribution < 1.29 is 9.72 Å². The number of aryl methyl sites for hydroxylation is 1. The normalized spacial score (nSPS) is 11.3. The van der Waals surface area contributed by atoms with Crippen LogP contribution >= 0.6 is 0 Å². The van der Waals surface area contributed by atoms with Crippen molar-refractivity contribution in [1.29, 1.82) is 0 Å². The standard InChI is InChI=1S/C23H17N5O3/c1-26-18-10-6-5-9-17(18)25-22(26)20-16-12-11-15(28(30)31)13-19(16)27(21(20)24)23(29)14-7-3-2-4-8-14/h2-13H,24H2,1H3. The summed E-state index contributed by atoms with van der Waals surface area (Å²) in [4.78, 5) is 29.0. The molecule has 0 spiro atoms. The number of fused-ring (bicyclic) bond motifs is 2. The van der Waals surface area contributed by atoms with E-state index in [1.165, 1.54) is 16.7 Å². The Kier molecular flexibility index (Phi) is 4.07. The molecular formula is C23H17N5O3. The van der Waals surface area contributed by atoms with Gasteiger partial charge in [0.1, 0.15) is 11.6 Å². The van der Waals surface area contributed by atoms with Crippen molar-refractivity contribution in [1.82, 2.24) is 14.1 Å². The Hall–Kier alpha value is -4.46. The lowest BCUT2D eigenvalue weighted by Gasteiger charge is -2.07. The van der Waals surface area contributed by atoms with E-state index in [2.05, 4.69) is 0 Å². The molecule has 0 saturated heterocycles. The molecule has 0 bridgehead atoms. The minimum atomic E-state index is -0.491. The number of benzene rings is 3. The number of nitro benzene ring substituents is 1. The number of hydrogen-bond acceptors (Lipinski definition) is 5. The fraction of sp³-hybridized carbons (Fsp3) is 0.0435. The van der Waals surface area contributed by atoms with Crippen LogP contribution < -0.4 is 5.73 Å². The molecule has 5 aromatic rings. The number of hydrogen-bond donors (Lipinski definition) is 1. The zero-order chi connectivity index (χ0) is 21.7. The third-order valence-electron chi connectivity index (χ3n) is 5.43. The van der Waals surface area contributed by atoms with E-state index in [-0.39, 0.29) is 17.4 Å². The summed E-state index contributed by atoms with van der Waals surface area (Å²) in [6, 6.07) is 20.7. The first-order valence-electron chi connectivity index (χ1n) is 9.57. The molecule has 0 saturated carbocycles. The van der Waals surface area contributed by atoms with Gasteiger partial charge < -0.3 is 10.3 Å².